The fraction of sp³-hybridized carbons (Fsp3) is 0.0882. The van der Waals surface area contributed by atoms with Gasteiger partial charge in [0.1, 0.15) is 10.0 Å². The van der Waals surface area contributed by atoms with Crippen molar-refractivity contribution in [3.05, 3.63) is 253 Å². The van der Waals surface area contributed by atoms with E-state index in [1.54, 1.807) is 0 Å². The van der Waals surface area contributed by atoms with Crippen molar-refractivity contribution in [1.82, 2.24) is 0 Å². The van der Waals surface area contributed by atoms with E-state index in [0.717, 1.165) is 33.9 Å². The molecular weight excluding hydrogens is 909 g/mol. The van der Waals surface area contributed by atoms with E-state index in [4.69, 9.17) is 0 Å². The fourth-order valence-corrected chi connectivity index (χ4v) is 13.8. The highest BCUT2D eigenvalue weighted by atomic mass is 32.1. The SMILES string of the molecule is C=Cc1ccc(-c2ccc(N(c3ccc4c(c3)-c3ccccc3C4(C)C)c3cc4cc5sc(N(c6ccc(-c7ccc(C=C)cc7)cc6)c6ccc7c(c6)-c6ccccc6C7(C)C)cc5cc4s3)cc2)cc1. The van der Waals surface area contributed by atoms with Gasteiger partial charge in [-0.05, 0) is 161 Å². The third-order valence-electron chi connectivity index (χ3n) is 15.4. The molecule has 0 atom stereocenters. The van der Waals surface area contributed by atoms with Gasteiger partial charge in [-0.15, -0.1) is 22.7 Å². The van der Waals surface area contributed by atoms with Crippen molar-refractivity contribution in [3.8, 4) is 44.5 Å². The predicted octanol–water partition coefficient (Wildman–Crippen LogP) is 20.3. The van der Waals surface area contributed by atoms with Gasteiger partial charge in [0.15, 0.2) is 0 Å². The molecule has 2 aliphatic rings. The summed E-state index contributed by atoms with van der Waals surface area (Å²) in [5, 5.41) is 4.83. The lowest BCUT2D eigenvalue weighted by molar-refractivity contribution is 0.660. The Balaban J connectivity index is 0.916. The molecule has 9 aromatic carbocycles. The predicted molar refractivity (Wildman–Crippen MR) is 313 cm³/mol. The van der Waals surface area contributed by atoms with Crippen molar-refractivity contribution in [2.75, 3.05) is 9.80 Å². The number of nitrogens with zero attached hydrogens (tertiary/aromatic N) is 2. The van der Waals surface area contributed by atoms with Gasteiger partial charge in [0.25, 0.3) is 0 Å². The maximum absolute atomic E-state index is 3.95. The first-order valence-corrected chi connectivity index (χ1v) is 26.4. The lowest BCUT2D eigenvalue weighted by Crippen LogP contribution is -2.15. The van der Waals surface area contributed by atoms with Gasteiger partial charge in [0.2, 0.25) is 0 Å². The molecule has 0 radical (unpaired) electrons. The standard InChI is InChI=1S/C68H52N2S2/c1-7-43-17-21-45(22-18-43)47-25-29-51(30-26-47)69(53-33-35-61-57(41-53)55-13-9-11-15-59(55)67(61,3)4)65-39-49-37-64-50(38-63(49)71-65)40-66(72-64)70(52-31-27-48(28-32-52)46-23-19-44(8-2)20-24-46)54-34-36-62-58(42-54)56-14-10-12-16-60(56)68(62,5)6/h7-42H,1-2H2,3-6H3. The Labute approximate surface area is 430 Å². The number of rotatable bonds is 10. The molecule has 72 heavy (non-hydrogen) atoms. The summed E-state index contributed by atoms with van der Waals surface area (Å²) in [6.07, 6.45) is 3.78. The normalized spacial score (nSPS) is 13.6. The van der Waals surface area contributed by atoms with Crippen LogP contribution in [0.1, 0.15) is 61.1 Å². The van der Waals surface area contributed by atoms with E-state index in [1.807, 2.05) is 34.8 Å². The van der Waals surface area contributed by atoms with Crippen LogP contribution in [0.4, 0.5) is 32.8 Å². The monoisotopic (exact) mass is 960 g/mol. The molecule has 2 aliphatic carbocycles. The minimum absolute atomic E-state index is 0.0689. The highest BCUT2D eigenvalue weighted by molar-refractivity contribution is 7.24. The van der Waals surface area contributed by atoms with Gasteiger partial charge < -0.3 is 9.80 Å². The second-order valence-corrected chi connectivity index (χ2v) is 22.4. The van der Waals surface area contributed by atoms with Crippen LogP contribution >= 0.6 is 22.7 Å². The van der Waals surface area contributed by atoms with E-state index >= 15 is 0 Å². The first kappa shape index (κ1) is 44.0. The highest BCUT2D eigenvalue weighted by Gasteiger charge is 2.37. The Hall–Kier alpha value is -8.02. The summed E-state index contributed by atoms with van der Waals surface area (Å²) in [7, 11) is 0. The molecule has 2 nitrogen and oxygen atoms in total. The molecule has 0 aliphatic heterocycles. The van der Waals surface area contributed by atoms with Crippen molar-refractivity contribution in [2.24, 2.45) is 0 Å². The topological polar surface area (TPSA) is 6.48 Å². The zero-order valence-electron chi connectivity index (χ0n) is 40.9. The number of hydrogen-bond acceptors (Lipinski definition) is 4. The lowest BCUT2D eigenvalue weighted by atomic mass is 9.82. The fourth-order valence-electron chi connectivity index (χ4n) is 11.5. The van der Waals surface area contributed by atoms with Gasteiger partial charge in [-0.25, -0.2) is 0 Å². The number of anilines is 6. The van der Waals surface area contributed by atoms with Gasteiger partial charge in [0, 0.05) is 43.0 Å². The summed E-state index contributed by atoms with van der Waals surface area (Å²) in [6.45, 7) is 17.3. The van der Waals surface area contributed by atoms with Crippen molar-refractivity contribution in [2.45, 2.75) is 38.5 Å². The average molecular weight is 961 g/mol. The molecule has 0 saturated heterocycles. The molecule has 2 aromatic heterocycles. The summed E-state index contributed by atoms with van der Waals surface area (Å²) < 4.78 is 2.52. The minimum Gasteiger partial charge on any atom is -0.302 e. The smallest absolute Gasteiger partial charge is 0.101 e. The first-order chi connectivity index (χ1) is 35.0. The van der Waals surface area contributed by atoms with E-state index in [2.05, 4.69) is 257 Å². The summed E-state index contributed by atoms with van der Waals surface area (Å²) in [5.41, 5.74) is 22.2. The minimum atomic E-state index is -0.0689. The number of hydrogen-bond donors (Lipinski definition) is 0. The van der Waals surface area contributed by atoms with Gasteiger partial charge in [-0.2, -0.15) is 0 Å². The quantitative estimate of drug-likeness (QED) is 0.135. The second-order valence-electron chi connectivity index (χ2n) is 20.3. The molecule has 0 bridgehead atoms. The molecule has 0 N–H and O–H groups in total. The Kier molecular flexibility index (Phi) is 10.3. The van der Waals surface area contributed by atoms with Crippen molar-refractivity contribution in [1.29, 1.82) is 0 Å². The van der Waals surface area contributed by atoms with E-state index < -0.39 is 0 Å². The molecule has 11 aromatic rings. The van der Waals surface area contributed by atoms with Gasteiger partial charge in [0.05, 0.1) is 0 Å². The van der Waals surface area contributed by atoms with Gasteiger partial charge in [-0.1, -0.05) is 186 Å². The van der Waals surface area contributed by atoms with Crippen LogP contribution < -0.4 is 9.80 Å². The Morgan fingerprint density at radius 2 is 0.681 bits per heavy atom. The third kappa shape index (κ3) is 7.12. The van der Waals surface area contributed by atoms with Gasteiger partial charge >= 0.3 is 0 Å². The van der Waals surface area contributed by atoms with Crippen molar-refractivity contribution >= 4 is 87.7 Å². The Morgan fingerprint density at radius 1 is 0.347 bits per heavy atom. The molecule has 13 rings (SSSR count). The van der Waals surface area contributed by atoms with Crippen LogP contribution in [0.25, 0.3) is 76.8 Å². The number of fused-ring (bicyclic) bond motifs is 8. The van der Waals surface area contributed by atoms with Crippen LogP contribution in [0, 0.1) is 0 Å². The summed E-state index contributed by atoms with van der Waals surface area (Å²) >= 11 is 3.71. The van der Waals surface area contributed by atoms with Crippen LogP contribution in [-0.2, 0) is 10.8 Å². The molecule has 0 spiro atoms. The highest BCUT2D eigenvalue weighted by Crippen LogP contribution is 2.54. The van der Waals surface area contributed by atoms with Crippen LogP contribution in [-0.4, -0.2) is 0 Å². The van der Waals surface area contributed by atoms with E-state index in [0.29, 0.717) is 0 Å². The first-order valence-electron chi connectivity index (χ1n) is 24.8. The zero-order valence-corrected chi connectivity index (χ0v) is 42.5. The average Bonchev–Trinajstić information content (AvgIpc) is 4.14. The molecule has 4 heteroatoms. The molecule has 2 heterocycles. The third-order valence-corrected chi connectivity index (χ3v) is 17.6. The molecule has 0 unspecified atom stereocenters. The number of thiophene rings is 2. The van der Waals surface area contributed by atoms with Gasteiger partial charge in [-0.3, -0.25) is 0 Å². The van der Waals surface area contributed by atoms with Crippen LogP contribution in [0.5, 0.6) is 0 Å². The molecular formula is C68H52N2S2. The molecule has 0 amide bonds. The maximum Gasteiger partial charge on any atom is 0.101 e. The summed E-state index contributed by atoms with van der Waals surface area (Å²) in [4.78, 5) is 4.91. The van der Waals surface area contributed by atoms with Crippen LogP contribution in [0.15, 0.2) is 219 Å². The Bertz CT molecular complexity index is 3630. The van der Waals surface area contributed by atoms with E-state index in [1.165, 1.54) is 96.9 Å². The van der Waals surface area contributed by atoms with Crippen molar-refractivity contribution in [3.63, 3.8) is 0 Å². The van der Waals surface area contributed by atoms with E-state index in [9.17, 15) is 0 Å². The molecule has 346 valence electrons. The zero-order chi connectivity index (χ0) is 48.9. The summed E-state index contributed by atoms with van der Waals surface area (Å²) in [6, 6.07) is 77.0. The van der Waals surface area contributed by atoms with Crippen LogP contribution in [0.3, 0.4) is 0 Å². The largest absolute Gasteiger partial charge is 0.302 e. The number of benzene rings is 9. The lowest BCUT2D eigenvalue weighted by Gasteiger charge is -2.26. The van der Waals surface area contributed by atoms with Crippen LogP contribution in [0.2, 0.25) is 0 Å². The molecule has 0 saturated carbocycles. The van der Waals surface area contributed by atoms with Crippen molar-refractivity contribution < 1.29 is 0 Å². The second kappa shape index (κ2) is 16.8. The summed E-state index contributed by atoms with van der Waals surface area (Å²) in [5.74, 6) is 0. The maximum atomic E-state index is 3.95. The Morgan fingerprint density at radius 3 is 1.06 bits per heavy atom. The molecule has 0 fully saturated rings. The van der Waals surface area contributed by atoms with E-state index in [-0.39, 0.29) is 10.8 Å².